The Balaban J connectivity index is 1.98. The number of likely N-dealkylation sites (tertiary alicyclic amines) is 1. The molecule has 0 radical (unpaired) electrons. The molecule has 1 fully saturated rings. The molecule has 0 bridgehead atoms. The summed E-state index contributed by atoms with van der Waals surface area (Å²) in [5, 5.41) is 4.03. The van der Waals surface area contributed by atoms with E-state index >= 15 is 0 Å². The quantitative estimate of drug-likeness (QED) is 0.741. The highest BCUT2D eigenvalue weighted by atomic mass is 15.4. The van der Waals surface area contributed by atoms with Crippen molar-refractivity contribution in [3.05, 3.63) is 5.82 Å². The van der Waals surface area contributed by atoms with Crippen LogP contribution in [0.2, 0.25) is 0 Å². The van der Waals surface area contributed by atoms with Crippen molar-refractivity contribution in [1.82, 2.24) is 19.7 Å². The van der Waals surface area contributed by atoms with Gasteiger partial charge in [-0.3, -0.25) is 4.90 Å². The summed E-state index contributed by atoms with van der Waals surface area (Å²) in [4.78, 5) is 6.60. The van der Waals surface area contributed by atoms with Crippen LogP contribution in [0.5, 0.6) is 0 Å². The number of nitrogens with zero attached hydrogens (tertiary/aromatic N) is 4. The summed E-state index contributed by atoms with van der Waals surface area (Å²) >= 11 is 0. The molecule has 0 spiro atoms. The van der Waals surface area contributed by atoms with Crippen LogP contribution in [0.25, 0.3) is 0 Å². The second kappa shape index (κ2) is 3.96. The number of hydrogen-bond acceptors (Lipinski definition) is 4. The number of aromatic nitrogens is 3. The molecule has 0 amide bonds. The van der Waals surface area contributed by atoms with Crippen LogP contribution in [0, 0.1) is 0 Å². The molecule has 0 aliphatic carbocycles. The fraction of sp³-hybridized carbons (Fsp3) is 0.778. The number of rotatable bonds is 2. The van der Waals surface area contributed by atoms with Crippen molar-refractivity contribution in [3.8, 4) is 0 Å². The summed E-state index contributed by atoms with van der Waals surface area (Å²) in [7, 11) is 1.89. The lowest BCUT2D eigenvalue weighted by atomic mass is 10.1. The molecule has 14 heavy (non-hydrogen) atoms. The first-order chi connectivity index (χ1) is 6.75. The van der Waals surface area contributed by atoms with Crippen molar-refractivity contribution in [2.24, 2.45) is 7.05 Å². The van der Waals surface area contributed by atoms with Gasteiger partial charge in [-0.1, -0.05) is 6.42 Å². The Bertz CT molecular complexity index is 300. The molecule has 0 aromatic carbocycles. The summed E-state index contributed by atoms with van der Waals surface area (Å²) < 4.78 is 1.77. The average molecular weight is 195 g/mol. The predicted octanol–water partition coefficient (Wildman–Crippen LogP) is 0.383. The molecule has 0 atom stereocenters. The maximum atomic E-state index is 5.52. The maximum Gasteiger partial charge on any atom is 0.239 e. The minimum atomic E-state index is 0.375. The molecular formula is C9H17N5. The van der Waals surface area contributed by atoms with Crippen molar-refractivity contribution >= 4 is 5.95 Å². The van der Waals surface area contributed by atoms with Gasteiger partial charge in [0.25, 0.3) is 0 Å². The van der Waals surface area contributed by atoms with Gasteiger partial charge in [0, 0.05) is 7.05 Å². The first-order valence-electron chi connectivity index (χ1n) is 5.13. The van der Waals surface area contributed by atoms with Crippen LogP contribution in [-0.2, 0) is 13.6 Å². The Morgan fingerprint density at radius 2 is 2.00 bits per heavy atom. The van der Waals surface area contributed by atoms with E-state index in [1.54, 1.807) is 4.68 Å². The number of nitrogens with two attached hydrogens (primary N) is 1. The standard InChI is InChI=1S/C9H17N5/c1-13-8(11-9(10)12-13)7-14-5-3-2-4-6-14/h2-7H2,1H3,(H2,10,12). The molecule has 5 nitrogen and oxygen atoms in total. The zero-order valence-electron chi connectivity index (χ0n) is 8.61. The summed E-state index contributed by atoms with van der Waals surface area (Å²) in [5.74, 6) is 1.34. The number of nitrogen functional groups attached to an aromatic ring is 1. The second-order valence-corrected chi connectivity index (χ2v) is 3.85. The van der Waals surface area contributed by atoms with Crippen molar-refractivity contribution < 1.29 is 0 Å². The van der Waals surface area contributed by atoms with Crippen molar-refractivity contribution in [2.45, 2.75) is 25.8 Å². The van der Waals surface area contributed by atoms with Crippen LogP contribution in [0.1, 0.15) is 25.1 Å². The van der Waals surface area contributed by atoms with E-state index in [1.165, 1.54) is 32.4 Å². The monoisotopic (exact) mass is 195 g/mol. The number of hydrogen-bond donors (Lipinski definition) is 1. The number of piperidine rings is 1. The zero-order valence-corrected chi connectivity index (χ0v) is 8.61. The Labute approximate surface area is 83.9 Å². The lowest BCUT2D eigenvalue weighted by Crippen LogP contribution is -2.30. The van der Waals surface area contributed by atoms with Crippen molar-refractivity contribution in [3.63, 3.8) is 0 Å². The predicted molar refractivity (Wildman–Crippen MR) is 54.5 cm³/mol. The summed E-state index contributed by atoms with van der Waals surface area (Å²) in [6, 6.07) is 0. The third-order valence-electron chi connectivity index (χ3n) is 2.68. The van der Waals surface area contributed by atoms with Gasteiger partial charge in [0.15, 0.2) is 0 Å². The second-order valence-electron chi connectivity index (χ2n) is 3.85. The van der Waals surface area contributed by atoms with Gasteiger partial charge in [-0.15, -0.1) is 5.10 Å². The average Bonchev–Trinajstić information content (AvgIpc) is 2.47. The molecule has 2 heterocycles. The van der Waals surface area contributed by atoms with E-state index in [0.29, 0.717) is 5.95 Å². The van der Waals surface area contributed by atoms with Gasteiger partial charge in [0.05, 0.1) is 6.54 Å². The van der Waals surface area contributed by atoms with E-state index in [2.05, 4.69) is 15.0 Å². The SMILES string of the molecule is Cn1nc(N)nc1CN1CCCCC1. The van der Waals surface area contributed by atoms with Gasteiger partial charge in [0.1, 0.15) is 5.82 Å². The highest BCUT2D eigenvalue weighted by molar-refractivity contribution is 5.13. The first kappa shape index (κ1) is 9.45. The molecule has 0 saturated carbocycles. The summed E-state index contributed by atoms with van der Waals surface area (Å²) in [5.41, 5.74) is 5.52. The van der Waals surface area contributed by atoms with Crippen molar-refractivity contribution in [1.29, 1.82) is 0 Å². The van der Waals surface area contributed by atoms with Gasteiger partial charge >= 0.3 is 0 Å². The molecule has 1 aromatic heterocycles. The lowest BCUT2D eigenvalue weighted by molar-refractivity contribution is 0.213. The van der Waals surface area contributed by atoms with Crippen LogP contribution in [0.3, 0.4) is 0 Å². The van der Waals surface area contributed by atoms with Crippen LogP contribution in [0.15, 0.2) is 0 Å². The molecule has 5 heteroatoms. The molecule has 2 N–H and O–H groups in total. The summed E-state index contributed by atoms with van der Waals surface area (Å²) in [6.45, 7) is 3.22. The van der Waals surface area contributed by atoms with E-state index in [4.69, 9.17) is 5.73 Å². The third-order valence-corrected chi connectivity index (χ3v) is 2.68. The number of anilines is 1. The van der Waals surface area contributed by atoms with Crippen LogP contribution in [-0.4, -0.2) is 32.8 Å². The Kier molecular flexibility index (Phi) is 2.67. The minimum Gasteiger partial charge on any atom is -0.366 e. The Morgan fingerprint density at radius 1 is 1.29 bits per heavy atom. The van der Waals surface area contributed by atoms with Gasteiger partial charge in [-0.05, 0) is 25.9 Å². The molecule has 78 valence electrons. The molecular weight excluding hydrogens is 178 g/mol. The van der Waals surface area contributed by atoms with Gasteiger partial charge < -0.3 is 5.73 Å². The lowest BCUT2D eigenvalue weighted by Gasteiger charge is -2.25. The van der Waals surface area contributed by atoms with E-state index in [0.717, 1.165) is 12.4 Å². The summed E-state index contributed by atoms with van der Waals surface area (Å²) in [6.07, 6.45) is 3.96. The van der Waals surface area contributed by atoms with E-state index < -0.39 is 0 Å². The van der Waals surface area contributed by atoms with Crippen LogP contribution >= 0.6 is 0 Å². The highest BCUT2D eigenvalue weighted by Gasteiger charge is 2.13. The molecule has 1 aliphatic rings. The smallest absolute Gasteiger partial charge is 0.239 e. The fourth-order valence-corrected chi connectivity index (χ4v) is 1.89. The first-order valence-corrected chi connectivity index (χ1v) is 5.13. The molecule has 2 rings (SSSR count). The minimum absolute atomic E-state index is 0.375. The van der Waals surface area contributed by atoms with E-state index in [-0.39, 0.29) is 0 Å². The topological polar surface area (TPSA) is 60.0 Å². The fourth-order valence-electron chi connectivity index (χ4n) is 1.89. The van der Waals surface area contributed by atoms with Gasteiger partial charge in [-0.2, -0.15) is 4.98 Å². The van der Waals surface area contributed by atoms with Crippen LogP contribution < -0.4 is 5.73 Å². The van der Waals surface area contributed by atoms with Crippen LogP contribution in [0.4, 0.5) is 5.95 Å². The highest BCUT2D eigenvalue weighted by Crippen LogP contribution is 2.11. The molecule has 0 unspecified atom stereocenters. The Morgan fingerprint density at radius 3 is 2.57 bits per heavy atom. The maximum absolute atomic E-state index is 5.52. The largest absolute Gasteiger partial charge is 0.366 e. The van der Waals surface area contributed by atoms with Gasteiger partial charge in [0.2, 0.25) is 5.95 Å². The molecule has 1 aliphatic heterocycles. The van der Waals surface area contributed by atoms with Crippen molar-refractivity contribution in [2.75, 3.05) is 18.8 Å². The third kappa shape index (κ3) is 2.04. The van der Waals surface area contributed by atoms with E-state index in [9.17, 15) is 0 Å². The van der Waals surface area contributed by atoms with E-state index in [1.807, 2.05) is 7.05 Å². The Hall–Kier alpha value is -1.10. The zero-order chi connectivity index (χ0) is 9.97. The van der Waals surface area contributed by atoms with Gasteiger partial charge in [-0.25, -0.2) is 4.68 Å². The molecule has 1 aromatic rings. The number of aryl methyl sites for hydroxylation is 1. The normalized spacial score (nSPS) is 18.6. The molecule has 1 saturated heterocycles.